The van der Waals surface area contributed by atoms with Crippen LogP contribution in [0.1, 0.15) is 28.9 Å². The van der Waals surface area contributed by atoms with Crippen molar-refractivity contribution in [3.05, 3.63) is 65.7 Å². The first-order chi connectivity index (χ1) is 11.1. The highest BCUT2D eigenvalue weighted by Gasteiger charge is 2.12. The maximum Gasteiger partial charge on any atom is 0.292 e. The maximum atomic E-state index is 12.3. The lowest BCUT2D eigenvalue weighted by molar-refractivity contribution is 0.0968. The van der Waals surface area contributed by atoms with E-state index in [-0.39, 0.29) is 18.0 Å². The molecule has 5 heteroatoms. The summed E-state index contributed by atoms with van der Waals surface area (Å²) in [6.07, 6.45) is 0. The lowest BCUT2D eigenvalue weighted by atomic mass is 10.1. The van der Waals surface area contributed by atoms with Gasteiger partial charge >= 0.3 is 0 Å². The molecule has 0 saturated carbocycles. The molecule has 23 heavy (non-hydrogen) atoms. The van der Waals surface area contributed by atoms with Crippen molar-refractivity contribution >= 4 is 11.9 Å². The highest BCUT2D eigenvalue weighted by Crippen LogP contribution is 2.16. The maximum absolute atomic E-state index is 12.3. The number of amides is 1. The van der Waals surface area contributed by atoms with Crippen LogP contribution in [0.4, 0.5) is 0 Å². The number of ether oxygens (including phenoxy) is 2. The van der Waals surface area contributed by atoms with E-state index >= 15 is 0 Å². The van der Waals surface area contributed by atoms with Crippen LogP contribution >= 0.6 is 0 Å². The molecule has 1 amide bonds. The van der Waals surface area contributed by atoms with Gasteiger partial charge in [0.2, 0.25) is 0 Å². The van der Waals surface area contributed by atoms with Crippen LogP contribution in [0.5, 0.6) is 5.75 Å². The number of nitrogens with one attached hydrogen (secondary N) is 1. The zero-order valence-corrected chi connectivity index (χ0v) is 13.4. The number of carbonyl (C=O) groups is 1. The number of carbonyl (C=O) groups excluding carboxylic acids is 1. The zero-order chi connectivity index (χ0) is 16.7. The minimum atomic E-state index is -0.301. The number of hydrogen-bond acceptors (Lipinski definition) is 4. The van der Waals surface area contributed by atoms with Crippen molar-refractivity contribution in [2.24, 2.45) is 4.99 Å². The smallest absolute Gasteiger partial charge is 0.292 e. The number of methoxy groups -OCH3 is 2. The van der Waals surface area contributed by atoms with E-state index in [0.717, 1.165) is 5.56 Å². The van der Waals surface area contributed by atoms with Gasteiger partial charge in [-0.3, -0.25) is 10.1 Å². The Morgan fingerprint density at radius 1 is 1.09 bits per heavy atom. The summed E-state index contributed by atoms with van der Waals surface area (Å²) in [4.78, 5) is 16.7. The van der Waals surface area contributed by atoms with Crippen LogP contribution in [0, 0.1) is 0 Å². The molecule has 0 bridgehead atoms. The molecule has 2 aromatic rings. The number of nitrogens with zero attached hydrogens (tertiary/aromatic N) is 1. The van der Waals surface area contributed by atoms with E-state index in [2.05, 4.69) is 10.3 Å². The standard InChI is InChI=1S/C18H20N2O3/c1-13(14-8-5-4-6-9-14)19-18(23-3)20-17(21)15-10-7-11-16(12-15)22-2/h4-13H,1-3H3,(H,19,20,21)/t13-/m1/s1. The summed E-state index contributed by atoms with van der Waals surface area (Å²) >= 11 is 0. The van der Waals surface area contributed by atoms with Crippen LogP contribution in [-0.4, -0.2) is 26.1 Å². The number of benzene rings is 2. The summed E-state index contributed by atoms with van der Waals surface area (Å²) in [5, 5.41) is 2.67. The van der Waals surface area contributed by atoms with Gasteiger partial charge in [-0.25, -0.2) is 4.99 Å². The van der Waals surface area contributed by atoms with Crippen molar-refractivity contribution < 1.29 is 14.3 Å². The third-order valence-electron chi connectivity index (χ3n) is 3.34. The molecule has 0 saturated heterocycles. The third kappa shape index (κ3) is 4.57. The first-order valence-electron chi connectivity index (χ1n) is 7.26. The second kappa shape index (κ2) is 7.98. The van der Waals surface area contributed by atoms with Crippen molar-refractivity contribution in [3.8, 4) is 5.75 Å². The highest BCUT2D eigenvalue weighted by atomic mass is 16.5. The molecule has 0 aromatic heterocycles. The number of hydrogen-bond donors (Lipinski definition) is 1. The number of amidine groups is 1. The number of aliphatic imine (C=N–C) groups is 1. The van der Waals surface area contributed by atoms with Gasteiger partial charge in [-0.15, -0.1) is 0 Å². The summed E-state index contributed by atoms with van der Waals surface area (Å²) < 4.78 is 10.3. The summed E-state index contributed by atoms with van der Waals surface area (Å²) in [5.74, 6) is 0.316. The quantitative estimate of drug-likeness (QED) is 0.697. The van der Waals surface area contributed by atoms with Gasteiger partial charge in [0.05, 0.1) is 20.3 Å². The molecule has 0 fully saturated rings. The molecule has 0 spiro atoms. The van der Waals surface area contributed by atoms with Gasteiger partial charge in [0.1, 0.15) is 5.75 Å². The Bertz CT molecular complexity index is 684. The van der Waals surface area contributed by atoms with Crippen LogP contribution in [0.2, 0.25) is 0 Å². The molecule has 2 aromatic carbocycles. The fraction of sp³-hybridized carbons (Fsp3) is 0.222. The molecule has 120 valence electrons. The van der Waals surface area contributed by atoms with Gasteiger partial charge < -0.3 is 9.47 Å². The Morgan fingerprint density at radius 3 is 2.48 bits per heavy atom. The van der Waals surface area contributed by atoms with E-state index in [1.165, 1.54) is 7.11 Å². The fourth-order valence-corrected chi connectivity index (χ4v) is 2.05. The molecular formula is C18H20N2O3. The first kappa shape index (κ1) is 16.5. The highest BCUT2D eigenvalue weighted by molar-refractivity contribution is 6.04. The predicted molar refractivity (Wildman–Crippen MR) is 89.8 cm³/mol. The molecule has 0 aliphatic carbocycles. The van der Waals surface area contributed by atoms with Gasteiger partial charge in [0, 0.05) is 5.56 Å². The third-order valence-corrected chi connectivity index (χ3v) is 3.34. The van der Waals surface area contributed by atoms with Crippen molar-refractivity contribution in [3.63, 3.8) is 0 Å². The zero-order valence-electron chi connectivity index (χ0n) is 13.4. The fourth-order valence-electron chi connectivity index (χ4n) is 2.05. The summed E-state index contributed by atoms with van der Waals surface area (Å²) in [6.45, 7) is 1.94. The topological polar surface area (TPSA) is 59.9 Å². The van der Waals surface area contributed by atoms with E-state index in [9.17, 15) is 4.79 Å². The molecule has 0 aliphatic heterocycles. The second-order valence-corrected chi connectivity index (χ2v) is 4.91. The van der Waals surface area contributed by atoms with Gasteiger partial charge in [-0.1, -0.05) is 36.4 Å². The van der Waals surface area contributed by atoms with E-state index in [4.69, 9.17) is 9.47 Å². The van der Waals surface area contributed by atoms with Gasteiger partial charge in [0.15, 0.2) is 0 Å². The Kier molecular flexibility index (Phi) is 5.74. The van der Waals surface area contributed by atoms with Crippen LogP contribution in [-0.2, 0) is 4.74 Å². The van der Waals surface area contributed by atoms with E-state index in [1.54, 1.807) is 31.4 Å². The van der Waals surface area contributed by atoms with Crippen LogP contribution in [0.3, 0.4) is 0 Å². The lowest BCUT2D eigenvalue weighted by Gasteiger charge is -2.12. The van der Waals surface area contributed by atoms with Crippen molar-refractivity contribution in [2.75, 3.05) is 14.2 Å². The van der Waals surface area contributed by atoms with Crippen LogP contribution < -0.4 is 10.1 Å². The largest absolute Gasteiger partial charge is 0.497 e. The molecule has 5 nitrogen and oxygen atoms in total. The number of rotatable bonds is 4. The van der Waals surface area contributed by atoms with Crippen molar-refractivity contribution in [2.45, 2.75) is 13.0 Å². The Hall–Kier alpha value is -2.82. The average Bonchev–Trinajstić information content (AvgIpc) is 2.61. The summed E-state index contributed by atoms with van der Waals surface area (Å²) in [6, 6.07) is 16.7. The predicted octanol–water partition coefficient (Wildman–Crippen LogP) is 3.19. The molecule has 1 N–H and O–H groups in total. The molecule has 0 aliphatic rings. The van der Waals surface area contributed by atoms with Crippen molar-refractivity contribution in [1.29, 1.82) is 0 Å². The second-order valence-electron chi connectivity index (χ2n) is 4.91. The average molecular weight is 312 g/mol. The Labute approximate surface area is 136 Å². The lowest BCUT2D eigenvalue weighted by Crippen LogP contribution is -2.32. The molecule has 2 rings (SSSR count). The first-order valence-corrected chi connectivity index (χ1v) is 7.26. The van der Waals surface area contributed by atoms with E-state index in [1.807, 2.05) is 37.3 Å². The van der Waals surface area contributed by atoms with Gasteiger partial charge in [-0.2, -0.15) is 0 Å². The summed E-state index contributed by atoms with van der Waals surface area (Å²) in [5.41, 5.74) is 1.51. The Balaban J connectivity index is 2.12. The monoisotopic (exact) mass is 312 g/mol. The summed E-state index contributed by atoms with van der Waals surface area (Å²) in [7, 11) is 3.03. The molecule has 0 heterocycles. The normalized spacial score (nSPS) is 12.4. The molecule has 1 atom stereocenters. The molecule has 0 unspecified atom stereocenters. The minimum absolute atomic E-state index is 0.128. The van der Waals surface area contributed by atoms with Gasteiger partial charge in [-0.05, 0) is 30.7 Å². The van der Waals surface area contributed by atoms with Crippen LogP contribution in [0.15, 0.2) is 59.6 Å². The minimum Gasteiger partial charge on any atom is -0.497 e. The van der Waals surface area contributed by atoms with Crippen LogP contribution in [0.25, 0.3) is 0 Å². The SMILES string of the molecule is COC(=N[C@H](C)c1ccccc1)NC(=O)c1cccc(OC)c1. The molecular weight excluding hydrogens is 292 g/mol. The van der Waals surface area contributed by atoms with E-state index in [0.29, 0.717) is 11.3 Å². The van der Waals surface area contributed by atoms with Crippen molar-refractivity contribution in [1.82, 2.24) is 5.32 Å². The molecule has 0 radical (unpaired) electrons. The Morgan fingerprint density at radius 2 is 1.83 bits per heavy atom. The van der Waals surface area contributed by atoms with E-state index < -0.39 is 0 Å². The van der Waals surface area contributed by atoms with Gasteiger partial charge in [0.25, 0.3) is 11.9 Å².